The van der Waals surface area contributed by atoms with E-state index in [4.69, 9.17) is 0 Å². The number of methoxy groups -OCH3 is 1. The van der Waals surface area contributed by atoms with Crippen molar-refractivity contribution in [1.29, 1.82) is 0 Å². The van der Waals surface area contributed by atoms with Gasteiger partial charge in [-0.25, -0.2) is 4.79 Å². The molecular formula is C10H9NO5. The molecule has 0 aliphatic carbocycles. The van der Waals surface area contributed by atoms with Gasteiger partial charge in [-0.2, -0.15) is 0 Å². The van der Waals surface area contributed by atoms with E-state index < -0.39 is 10.9 Å². The molecule has 0 fully saturated rings. The number of aldehydes is 1. The third kappa shape index (κ3) is 2.05. The Balaban J connectivity index is 3.47. The Morgan fingerprint density at radius 1 is 1.50 bits per heavy atom. The van der Waals surface area contributed by atoms with Crippen LogP contribution in [-0.4, -0.2) is 24.3 Å². The summed E-state index contributed by atoms with van der Waals surface area (Å²) in [5.74, 6) is -0.704. The van der Waals surface area contributed by atoms with Gasteiger partial charge in [0.25, 0.3) is 5.69 Å². The van der Waals surface area contributed by atoms with Gasteiger partial charge in [-0.3, -0.25) is 14.9 Å². The quantitative estimate of drug-likeness (QED) is 0.335. The van der Waals surface area contributed by atoms with Crippen LogP contribution in [0.25, 0.3) is 0 Å². The number of hydrogen-bond donors (Lipinski definition) is 0. The maximum Gasteiger partial charge on any atom is 0.338 e. The van der Waals surface area contributed by atoms with E-state index in [0.29, 0.717) is 11.8 Å². The number of nitrogens with zero attached hydrogens (tertiary/aromatic N) is 1. The van der Waals surface area contributed by atoms with Crippen molar-refractivity contribution >= 4 is 17.9 Å². The lowest BCUT2D eigenvalue weighted by atomic mass is 10.0. The van der Waals surface area contributed by atoms with Crippen molar-refractivity contribution in [2.75, 3.05) is 7.11 Å². The highest BCUT2D eigenvalue weighted by molar-refractivity contribution is 5.95. The molecule has 0 aliphatic heterocycles. The first kappa shape index (κ1) is 11.8. The number of nitro groups is 1. The van der Waals surface area contributed by atoms with E-state index in [0.717, 1.165) is 12.1 Å². The van der Waals surface area contributed by atoms with Crippen molar-refractivity contribution in [1.82, 2.24) is 0 Å². The van der Waals surface area contributed by atoms with E-state index in [9.17, 15) is 19.7 Å². The van der Waals surface area contributed by atoms with E-state index in [-0.39, 0.29) is 16.8 Å². The van der Waals surface area contributed by atoms with Gasteiger partial charge < -0.3 is 4.74 Å². The van der Waals surface area contributed by atoms with Crippen LogP contribution in [0, 0.1) is 17.0 Å². The fraction of sp³-hybridized carbons (Fsp3) is 0.200. The SMILES string of the molecule is COC(=O)c1cc([N+](=O)[O-])cc(C=O)c1C. The van der Waals surface area contributed by atoms with Crippen LogP contribution in [0.3, 0.4) is 0 Å². The van der Waals surface area contributed by atoms with Crippen LogP contribution in [0.5, 0.6) is 0 Å². The minimum absolute atomic E-state index is 0.0267. The average Bonchev–Trinajstić information content (AvgIpc) is 2.28. The number of benzene rings is 1. The second-order valence-electron chi connectivity index (χ2n) is 3.07. The number of ether oxygens (including phenoxy) is 1. The molecule has 1 aromatic carbocycles. The monoisotopic (exact) mass is 223 g/mol. The van der Waals surface area contributed by atoms with Crippen LogP contribution in [0.1, 0.15) is 26.3 Å². The first-order valence-electron chi connectivity index (χ1n) is 4.33. The molecule has 0 unspecified atom stereocenters. The summed E-state index contributed by atoms with van der Waals surface area (Å²) in [6.07, 6.45) is 0.467. The molecule has 0 bridgehead atoms. The molecule has 6 nitrogen and oxygen atoms in total. The number of non-ortho nitro benzene ring substituents is 1. The van der Waals surface area contributed by atoms with Crippen LogP contribution < -0.4 is 0 Å². The van der Waals surface area contributed by atoms with Gasteiger partial charge in [0, 0.05) is 17.7 Å². The van der Waals surface area contributed by atoms with E-state index in [1.807, 2.05) is 0 Å². The van der Waals surface area contributed by atoms with Gasteiger partial charge in [0.1, 0.15) is 0 Å². The predicted molar refractivity (Wildman–Crippen MR) is 54.6 cm³/mol. The molecule has 16 heavy (non-hydrogen) atoms. The first-order chi connectivity index (χ1) is 7.51. The summed E-state index contributed by atoms with van der Waals surface area (Å²) in [5.41, 5.74) is 0.189. The molecule has 0 saturated carbocycles. The second-order valence-corrected chi connectivity index (χ2v) is 3.07. The van der Waals surface area contributed by atoms with Crippen molar-refractivity contribution in [3.05, 3.63) is 38.9 Å². The highest BCUT2D eigenvalue weighted by Gasteiger charge is 2.18. The standard InChI is InChI=1S/C10H9NO5/c1-6-7(5-12)3-8(11(14)15)4-9(6)10(13)16-2/h3-5H,1-2H3. The molecule has 0 radical (unpaired) electrons. The third-order valence-corrected chi connectivity index (χ3v) is 2.18. The Hall–Kier alpha value is -2.24. The maximum absolute atomic E-state index is 11.3. The molecule has 0 N–H and O–H groups in total. The van der Waals surface area contributed by atoms with Crippen molar-refractivity contribution in [2.24, 2.45) is 0 Å². The highest BCUT2D eigenvalue weighted by atomic mass is 16.6. The third-order valence-electron chi connectivity index (χ3n) is 2.18. The zero-order valence-corrected chi connectivity index (χ0v) is 8.72. The van der Waals surface area contributed by atoms with Gasteiger partial charge in [0.05, 0.1) is 17.6 Å². The first-order valence-corrected chi connectivity index (χ1v) is 4.33. The summed E-state index contributed by atoms with van der Waals surface area (Å²) in [4.78, 5) is 31.9. The van der Waals surface area contributed by atoms with Crippen LogP contribution in [0.2, 0.25) is 0 Å². The number of carbonyl (C=O) groups excluding carboxylic acids is 2. The lowest BCUT2D eigenvalue weighted by Crippen LogP contribution is -2.07. The Labute approximate surface area is 91.0 Å². The Morgan fingerprint density at radius 3 is 2.56 bits per heavy atom. The molecule has 0 atom stereocenters. The van der Waals surface area contributed by atoms with Crippen LogP contribution in [-0.2, 0) is 4.74 Å². The topological polar surface area (TPSA) is 86.5 Å². The molecule has 1 aromatic rings. The van der Waals surface area contributed by atoms with Gasteiger partial charge in [-0.1, -0.05) is 0 Å². The van der Waals surface area contributed by atoms with Gasteiger partial charge in [-0.05, 0) is 12.5 Å². The lowest BCUT2D eigenvalue weighted by molar-refractivity contribution is -0.384. The summed E-state index contributed by atoms with van der Waals surface area (Å²) >= 11 is 0. The molecule has 0 amide bonds. The fourth-order valence-corrected chi connectivity index (χ4v) is 1.27. The zero-order valence-electron chi connectivity index (χ0n) is 8.72. The minimum Gasteiger partial charge on any atom is -0.465 e. The zero-order chi connectivity index (χ0) is 12.3. The summed E-state index contributed by atoms with van der Waals surface area (Å²) < 4.78 is 4.47. The van der Waals surface area contributed by atoms with Crippen LogP contribution >= 0.6 is 0 Å². The summed E-state index contributed by atoms with van der Waals surface area (Å²) in [7, 11) is 1.17. The van der Waals surface area contributed by atoms with Crippen molar-refractivity contribution < 1.29 is 19.2 Å². The normalized spacial score (nSPS) is 9.62. The molecule has 0 spiro atoms. The smallest absolute Gasteiger partial charge is 0.338 e. The molecule has 84 valence electrons. The molecule has 0 saturated heterocycles. The van der Waals surface area contributed by atoms with Crippen molar-refractivity contribution in [2.45, 2.75) is 6.92 Å². The summed E-state index contributed by atoms with van der Waals surface area (Å²) in [6, 6.07) is 2.21. The largest absolute Gasteiger partial charge is 0.465 e. The van der Waals surface area contributed by atoms with Crippen LogP contribution in [0.4, 0.5) is 5.69 Å². The Bertz CT molecular complexity index is 467. The predicted octanol–water partition coefficient (Wildman–Crippen LogP) is 1.50. The van der Waals surface area contributed by atoms with E-state index in [1.54, 1.807) is 0 Å². The van der Waals surface area contributed by atoms with E-state index in [2.05, 4.69) is 4.74 Å². The molecule has 0 aliphatic rings. The molecular weight excluding hydrogens is 214 g/mol. The maximum atomic E-state index is 11.3. The number of carbonyl (C=O) groups is 2. The van der Waals surface area contributed by atoms with Crippen molar-refractivity contribution in [3.63, 3.8) is 0 Å². The Morgan fingerprint density at radius 2 is 2.12 bits per heavy atom. The van der Waals surface area contributed by atoms with E-state index >= 15 is 0 Å². The minimum atomic E-state index is -0.704. The fourth-order valence-electron chi connectivity index (χ4n) is 1.27. The number of nitro benzene ring substituents is 1. The van der Waals surface area contributed by atoms with Gasteiger partial charge in [-0.15, -0.1) is 0 Å². The average molecular weight is 223 g/mol. The number of hydrogen-bond acceptors (Lipinski definition) is 5. The number of rotatable bonds is 3. The summed E-state index contributed by atoms with van der Waals surface area (Å²) in [6.45, 7) is 1.53. The van der Waals surface area contributed by atoms with Crippen LogP contribution in [0.15, 0.2) is 12.1 Å². The van der Waals surface area contributed by atoms with Crippen molar-refractivity contribution in [3.8, 4) is 0 Å². The lowest BCUT2D eigenvalue weighted by Gasteiger charge is -2.05. The molecule has 0 heterocycles. The number of esters is 1. The molecule has 0 aromatic heterocycles. The molecule has 6 heteroatoms. The summed E-state index contributed by atoms with van der Waals surface area (Å²) in [5, 5.41) is 10.6. The second kappa shape index (κ2) is 4.52. The van der Waals surface area contributed by atoms with Gasteiger partial charge >= 0.3 is 5.97 Å². The van der Waals surface area contributed by atoms with Gasteiger partial charge in [0.15, 0.2) is 6.29 Å². The Kier molecular flexibility index (Phi) is 3.34. The molecule has 1 rings (SSSR count). The van der Waals surface area contributed by atoms with Gasteiger partial charge in [0.2, 0.25) is 0 Å². The van der Waals surface area contributed by atoms with E-state index in [1.165, 1.54) is 14.0 Å². The highest BCUT2D eigenvalue weighted by Crippen LogP contribution is 2.21.